The van der Waals surface area contributed by atoms with Crippen LogP contribution in [0.3, 0.4) is 0 Å². The monoisotopic (exact) mass is 270 g/mol. The number of benzene rings is 2. The van der Waals surface area contributed by atoms with Gasteiger partial charge in [0.25, 0.3) is 0 Å². The minimum absolute atomic E-state index is 0.375. The molecule has 0 radical (unpaired) electrons. The summed E-state index contributed by atoms with van der Waals surface area (Å²) in [7, 11) is 0. The summed E-state index contributed by atoms with van der Waals surface area (Å²) in [6.45, 7) is 2.91. The Morgan fingerprint density at radius 2 is 1.80 bits per heavy atom. The van der Waals surface area contributed by atoms with Crippen LogP contribution in [0, 0.1) is 6.92 Å². The third kappa shape index (κ3) is 2.45. The molecule has 0 bridgehead atoms. The van der Waals surface area contributed by atoms with Crippen molar-refractivity contribution in [3.63, 3.8) is 0 Å². The molecule has 0 saturated heterocycles. The fourth-order valence-electron chi connectivity index (χ4n) is 2.05. The zero-order chi connectivity index (χ0) is 13.9. The third-order valence-electron chi connectivity index (χ3n) is 3.09. The van der Waals surface area contributed by atoms with Gasteiger partial charge in [-0.3, -0.25) is 0 Å². The molecule has 102 valence electrons. The number of carbonyl (C=O) groups is 1. The van der Waals surface area contributed by atoms with Crippen molar-refractivity contribution in [3.05, 3.63) is 53.6 Å². The molecule has 1 heterocycles. The SMILES string of the molecule is Cc1ccccc1C(=O)Oc1ccc2c(c1)OCCO2. The molecule has 20 heavy (non-hydrogen) atoms. The highest BCUT2D eigenvalue weighted by Crippen LogP contribution is 2.33. The predicted octanol–water partition coefficient (Wildman–Crippen LogP) is 2.99. The van der Waals surface area contributed by atoms with Gasteiger partial charge in [0.05, 0.1) is 5.56 Å². The van der Waals surface area contributed by atoms with Crippen LogP contribution >= 0.6 is 0 Å². The first-order chi connectivity index (χ1) is 9.74. The van der Waals surface area contributed by atoms with Gasteiger partial charge in [-0.15, -0.1) is 0 Å². The van der Waals surface area contributed by atoms with E-state index in [-0.39, 0.29) is 5.97 Å². The Hall–Kier alpha value is -2.49. The lowest BCUT2D eigenvalue weighted by molar-refractivity contribution is 0.0732. The highest BCUT2D eigenvalue weighted by Gasteiger charge is 2.15. The van der Waals surface area contributed by atoms with Gasteiger partial charge in [-0.25, -0.2) is 4.79 Å². The summed E-state index contributed by atoms with van der Waals surface area (Å²) < 4.78 is 16.3. The van der Waals surface area contributed by atoms with Crippen molar-refractivity contribution < 1.29 is 19.0 Å². The summed E-state index contributed by atoms with van der Waals surface area (Å²) in [6.07, 6.45) is 0. The number of hydrogen-bond donors (Lipinski definition) is 0. The average molecular weight is 270 g/mol. The number of aryl methyl sites for hydroxylation is 1. The zero-order valence-corrected chi connectivity index (χ0v) is 11.1. The largest absolute Gasteiger partial charge is 0.486 e. The lowest BCUT2D eigenvalue weighted by Crippen LogP contribution is -2.15. The van der Waals surface area contributed by atoms with Crippen LogP contribution < -0.4 is 14.2 Å². The van der Waals surface area contributed by atoms with Crippen LogP contribution in [-0.4, -0.2) is 19.2 Å². The highest BCUT2D eigenvalue weighted by atomic mass is 16.6. The van der Waals surface area contributed by atoms with Crippen LogP contribution in [0.2, 0.25) is 0 Å². The molecular weight excluding hydrogens is 256 g/mol. The summed E-state index contributed by atoms with van der Waals surface area (Å²) in [5.74, 6) is 1.35. The molecule has 0 amide bonds. The van der Waals surface area contributed by atoms with Gasteiger partial charge in [-0.1, -0.05) is 18.2 Å². The lowest BCUT2D eigenvalue weighted by atomic mass is 10.1. The fourth-order valence-corrected chi connectivity index (χ4v) is 2.05. The molecular formula is C16H14O4. The van der Waals surface area contributed by atoms with Gasteiger partial charge in [0.2, 0.25) is 0 Å². The van der Waals surface area contributed by atoms with E-state index in [0.717, 1.165) is 5.56 Å². The maximum absolute atomic E-state index is 12.1. The van der Waals surface area contributed by atoms with Gasteiger partial charge >= 0.3 is 5.97 Å². The molecule has 1 aliphatic heterocycles. The van der Waals surface area contributed by atoms with Crippen LogP contribution in [0.4, 0.5) is 0 Å². The second kappa shape index (κ2) is 5.25. The predicted molar refractivity (Wildman–Crippen MR) is 73.6 cm³/mol. The first-order valence-electron chi connectivity index (χ1n) is 6.41. The van der Waals surface area contributed by atoms with Gasteiger partial charge in [-0.2, -0.15) is 0 Å². The first-order valence-corrected chi connectivity index (χ1v) is 6.41. The molecule has 1 aliphatic rings. The van der Waals surface area contributed by atoms with E-state index in [0.29, 0.717) is 36.0 Å². The smallest absolute Gasteiger partial charge is 0.343 e. The number of hydrogen-bond acceptors (Lipinski definition) is 4. The maximum atomic E-state index is 12.1. The van der Waals surface area contributed by atoms with E-state index in [4.69, 9.17) is 14.2 Å². The van der Waals surface area contributed by atoms with E-state index in [9.17, 15) is 4.79 Å². The van der Waals surface area contributed by atoms with E-state index in [1.807, 2.05) is 25.1 Å². The van der Waals surface area contributed by atoms with Gasteiger partial charge in [-0.05, 0) is 30.7 Å². The molecule has 0 saturated carbocycles. The van der Waals surface area contributed by atoms with Crippen molar-refractivity contribution in [2.45, 2.75) is 6.92 Å². The van der Waals surface area contributed by atoms with E-state index in [1.54, 1.807) is 24.3 Å². The third-order valence-corrected chi connectivity index (χ3v) is 3.09. The second-order valence-corrected chi connectivity index (χ2v) is 4.51. The normalized spacial score (nSPS) is 12.8. The molecule has 0 unspecified atom stereocenters. The Bertz CT molecular complexity index is 649. The molecule has 0 fully saturated rings. The topological polar surface area (TPSA) is 44.8 Å². The van der Waals surface area contributed by atoms with Crippen LogP contribution in [0.5, 0.6) is 17.2 Å². The van der Waals surface area contributed by atoms with E-state index in [1.165, 1.54) is 0 Å². The van der Waals surface area contributed by atoms with E-state index >= 15 is 0 Å². The van der Waals surface area contributed by atoms with Crippen LogP contribution in [-0.2, 0) is 0 Å². The summed E-state index contributed by atoms with van der Waals surface area (Å²) in [5, 5.41) is 0. The van der Waals surface area contributed by atoms with Crippen molar-refractivity contribution in [2.24, 2.45) is 0 Å². The standard InChI is InChI=1S/C16H14O4/c1-11-4-2-3-5-13(11)16(17)20-12-6-7-14-15(10-12)19-9-8-18-14/h2-7,10H,8-9H2,1H3. The second-order valence-electron chi connectivity index (χ2n) is 4.51. The van der Waals surface area contributed by atoms with Gasteiger partial charge in [0.1, 0.15) is 19.0 Å². The number of esters is 1. The summed E-state index contributed by atoms with van der Waals surface area (Å²) in [4.78, 5) is 12.1. The number of ether oxygens (including phenoxy) is 3. The van der Waals surface area contributed by atoms with Crippen LogP contribution in [0.15, 0.2) is 42.5 Å². The zero-order valence-electron chi connectivity index (χ0n) is 11.1. The Kier molecular flexibility index (Phi) is 3.29. The van der Waals surface area contributed by atoms with Crippen LogP contribution in [0.1, 0.15) is 15.9 Å². The van der Waals surface area contributed by atoms with Crippen molar-refractivity contribution in [1.29, 1.82) is 0 Å². The Morgan fingerprint density at radius 1 is 1.05 bits per heavy atom. The number of rotatable bonds is 2. The quantitative estimate of drug-likeness (QED) is 0.621. The Balaban J connectivity index is 1.81. The van der Waals surface area contributed by atoms with Crippen molar-refractivity contribution in [3.8, 4) is 17.2 Å². The maximum Gasteiger partial charge on any atom is 0.343 e. The molecule has 0 aliphatic carbocycles. The van der Waals surface area contributed by atoms with E-state index < -0.39 is 0 Å². The summed E-state index contributed by atoms with van der Waals surface area (Å²) in [5.41, 5.74) is 1.44. The molecule has 2 aromatic rings. The number of carbonyl (C=O) groups excluding carboxylic acids is 1. The summed E-state index contributed by atoms with van der Waals surface area (Å²) >= 11 is 0. The molecule has 0 spiro atoms. The molecule has 3 rings (SSSR count). The fraction of sp³-hybridized carbons (Fsp3) is 0.188. The minimum atomic E-state index is -0.375. The molecule has 0 N–H and O–H groups in total. The molecule has 4 nitrogen and oxygen atoms in total. The van der Waals surface area contributed by atoms with Crippen LogP contribution in [0.25, 0.3) is 0 Å². The summed E-state index contributed by atoms with van der Waals surface area (Å²) in [6, 6.07) is 12.4. The van der Waals surface area contributed by atoms with Crippen molar-refractivity contribution in [1.82, 2.24) is 0 Å². The Morgan fingerprint density at radius 3 is 2.60 bits per heavy atom. The Labute approximate surface area is 116 Å². The molecule has 2 aromatic carbocycles. The van der Waals surface area contributed by atoms with Gasteiger partial charge in [0, 0.05) is 6.07 Å². The molecule has 4 heteroatoms. The molecule has 0 atom stereocenters. The highest BCUT2D eigenvalue weighted by molar-refractivity contribution is 5.92. The average Bonchev–Trinajstić information content (AvgIpc) is 2.47. The molecule has 0 aromatic heterocycles. The van der Waals surface area contributed by atoms with E-state index in [2.05, 4.69) is 0 Å². The lowest BCUT2D eigenvalue weighted by Gasteiger charge is -2.18. The van der Waals surface area contributed by atoms with Gasteiger partial charge in [0.15, 0.2) is 11.5 Å². The van der Waals surface area contributed by atoms with Crippen molar-refractivity contribution >= 4 is 5.97 Å². The first kappa shape index (κ1) is 12.5. The van der Waals surface area contributed by atoms with Crippen molar-refractivity contribution in [2.75, 3.05) is 13.2 Å². The number of fused-ring (bicyclic) bond motifs is 1. The minimum Gasteiger partial charge on any atom is -0.486 e. The van der Waals surface area contributed by atoms with Gasteiger partial charge < -0.3 is 14.2 Å².